The molecule has 0 N–H and O–H groups in total. The number of hydrogen-bond donors (Lipinski definition) is 0. The SMILES string of the molecule is O=C(C[C@H]1OCCc2ccsc21)N1CCn2c(nnc2-c2ccccc2)C1. The molecule has 0 aliphatic carbocycles. The Bertz CT molecular complexity index is 966. The van der Waals surface area contributed by atoms with E-state index < -0.39 is 0 Å². The highest BCUT2D eigenvalue weighted by atomic mass is 32.1. The van der Waals surface area contributed by atoms with Crippen LogP contribution in [-0.2, 0) is 29.0 Å². The van der Waals surface area contributed by atoms with E-state index in [-0.39, 0.29) is 12.0 Å². The van der Waals surface area contributed by atoms with Crippen LogP contribution >= 0.6 is 11.3 Å². The fraction of sp³-hybridized carbons (Fsp3) is 0.350. The monoisotopic (exact) mass is 380 g/mol. The van der Waals surface area contributed by atoms with E-state index in [1.807, 2.05) is 35.2 Å². The van der Waals surface area contributed by atoms with Gasteiger partial charge in [0.15, 0.2) is 11.6 Å². The van der Waals surface area contributed by atoms with Crippen molar-refractivity contribution in [2.45, 2.75) is 32.0 Å². The molecule has 0 fully saturated rings. The number of aromatic nitrogens is 3. The van der Waals surface area contributed by atoms with E-state index in [0.29, 0.717) is 32.7 Å². The minimum absolute atomic E-state index is 0.110. The van der Waals surface area contributed by atoms with E-state index in [4.69, 9.17) is 4.74 Å². The minimum atomic E-state index is -0.110. The molecule has 7 heteroatoms. The predicted molar refractivity (Wildman–Crippen MR) is 102 cm³/mol. The molecule has 4 heterocycles. The van der Waals surface area contributed by atoms with Crippen LogP contribution in [0.2, 0.25) is 0 Å². The van der Waals surface area contributed by atoms with Crippen molar-refractivity contribution in [3.05, 3.63) is 58.0 Å². The van der Waals surface area contributed by atoms with Crippen molar-refractivity contribution < 1.29 is 9.53 Å². The lowest BCUT2D eigenvalue weighted by molar-refractivity contribution is -0.136. The molecule has 0 bridgehead atoms. The molecule has 1 amide bonds. The molecule has 0 spiro atoms. The molecule has 27 heavy (non-hydrogen) atoms. The Morgan fingerprint density at radius 1 is 1.19 bits per heavy atom. The van der Waals surface area contributed by atoms with Crippen molar-refractivity contribution in [1.29, 1.82) is 0 Å². The predicted octanol–water partition coefficient (Wildman–Crippen LogP) is 3.05. The Balaban J connectivity index is 1.31. The van der Waals surface area contributed by atoms with E-state index in [1.165, 1.54) is 10.4 Å². The van der Waals surface area contributed by atoms with Crippen molar-refractivity contribution in [2.24, 2.45) is 0 Å². The number of amides is 1. The Kier molecular flexibility index (Phi) is 4.26. The van der Waals surface area contributed by atoms with Gasteiger partial charge in [-0.05, 0) is 23.4 Å². The van der Waals surface area contributed by atoms with E-state index in [9.17, 15) is 4.79 Å². The zero-order valence-electron chi connectivity index (χ0n) is 14.9. The third-order valence-corrected chi connectivity index (χ3v) is 6.31. The normalized spacial score (nSPS) is 18.8. The molecule has 2 aromatic heterocycles. The van der Waals surface area contributed by atoms with Gasteiger partial charge in [-0.15, -0.1) is 21.5 Å². The smallest absolute Gasteiger partial charge is 0.226 e. The maximum absolute atomic E-state index is 12.9. The van der Waals surface area contributed by atoms with Crippen LogP contribution in [0, 0.1) is 0 Å². The van der Waals surface area contributed by atoms with Crippen molar-refractivity contribution in [3.63, 3.8) is 0 Å². The standard InChI is InChI=1S/C20H20N4O2S/c25-18(12-16-19-14(6-10-26-16)7-11-27-19)23-8-9-24-17(13-23)21-22-20(24)15-4-2-1-3-5-15/h1-5,7,11,16H,6,8-10,12-13H2/t16-/m1/s1. The number of ether oxygens (including phenoxy) is 1. The maximum atomic E-state index is 12.9. The molecule has 0 saturated heterocycles. The van der Waals surface area contributed by atoms with Gasteiger partial charge in [-0.1, -0.05) is 30.3 Å². The van der Waals surface area contributed by atoms with Crippen LogP contribution in [0.3, 0.4) is 0 Å². The van der Waals surface area contributed by atoms with Crippen molar-refractivity contribution in [1.82, 2.24) is 19.7 Å². The highest BCUT2D eigenvalue weighted by Gasteiger charge is 2.29. The molecule has 3 aromatic rings. The largest absolute Gasteiger partial charge is 0.372 e. The second-order valence-electron chi connectivity index (χ2n) is 6.90. The van der Waals surface area contributed by atoms with Crippen LogP contribution in [0.25, 0.3) is 11.4 Å². The summed E-state index contributed by atoms with van der Waals surface area (Å²) < 4.78 is 8.00. The van der Waals surface area contributed by atoms with Gasteiger partial charge in [-0.2, -0.15) is 0 Å². The number of carbonyl (C=O) groups is 1. The van der Waals surface area contributed by atoms with Gasteiger partial charge in [0.25, 0.3) is 0 Å². The highest BCUT2D eigenvalue weighted by molar-refractivity contribution is 7.10. The Labute approximate surface area is 161 Å². The van der Waals surface area contributed by atoms with Gasteiger partial charge < -0.3 is 14.2 Å². The van der Waals surface area contributed by atoms with Gasteiger partial charge in [0.1, 0.15) is 6.10 Å². The lowest BCUT2D eigenvalue weighted by Gasteiger charge is -2.30. The third kappa shape index (κ3) is 3.07. The van der Waals surface area contributed by atoms with Crippen LogP contribution in [0.5, 0.6) is 0 Å². The number of nitrogens with zero attached hydrogens (tertiary/aromatic N) is 4. The summed E-state index contributed by atoms with van der Waals surface area (Å²) in [5, 5.41) is 10.8. The van der Waals surface area contributed by atoms with Crippen molar-refractivity contribution in [3.8, 4) is 11.4 Å². The first kappa shape index (κ1) is 16.6. The fourth-order valence-corrected chi connectivity index (χ4v) is 4.84. The van der Waals surface area contributed by atoms with Crippen LogP contribution in [-0.4, -0.2) is 38.7 Å². The minimum Gasteiger partial charge on any atom is -0.372 e. The lowest BCUT2D eigenvalue weighted by atomic mass is 10.0. The number of fused-ring (bicyclic) bond motifs is 2. The summed E-state index contributed by atoms with van der Waals surface area (Å²) in [5.41, 5.74) is 2.38. The summed E-state index contributed by atoms with van der Waals surface area (Å²) in [6, 6.07) is 12.2. The lowest BCUT2D eigenvalue weighted by Crippen LogP contribution is -2.39. The molecule has 2 aliphatic heterocycles. The van der Waals surface area contributed by atoms with Gasteiger partial charge in [0, 0.05) is 23.5 Å². The molecule has 1 atom stereocenters. The number of benzene rings is 1. The van der Waals surface area contributed by atoms with Crippen molar-refractivity contribution >= 4 is 17.2 Å². The number of thiophene rings is 1. The van der Waals surface area contributed by atoms with Crippen molar-refractivity contribution in [2.75, 3.05) is 13.2 Å². The molecule has 5 rings (SSSR count). The number of rotatable bonds is 3. The van der Waals surface area contributed by atoms with Crippen LogP contribution in [0.1, 0.15) is 28.8 Å². The number of hydrogen-bond acceptors (Lipinski definition) is 5. The van der Waals surface area contributed by atoms with Gasteiger partial charge >= 0.3 is 0 Å². The first-order chi connectivity index (χ1) is 13.3. The summed E-state index contributed by atoms with van der Waals surface area (Å²) in [6.45, 7) is 2.58. The number of carbonyl (C=O) groups excluding carboxylic acids is 1. The van der Waals surface area contributed by atoms with Gasteiger partial charge in [0.05, 0.1) is 19.6 Å². The van der Waals surface area contributed by atoms with Crippen LogP contribution in [0.4, 0.5) is 0 Å². The third-order valence-electron chi connectivity index (χ3n) is 5.26. The Morgan fingerprint density at radius 2 is 2.07 bits per heavy atom. The summed E-state index contributed by atoms with van der Waals surface area (Å²) in [7, 11) is 0. The van der Waals surface area contributed by atoms with E-state index >= 15 is 0 Å². The second-order valence-corrected chi connectivity index (χ2v) is 7.84. The maximum Gasteiger partial charge on any atom is 0.226 e. The van der Waals surface area contributed by atoms with Gasteiger partial charge in [-0.3, -0.25) is 4.79 Å². The molecule has 0 radical (unpaired) electrons. The molecular formula is C20H20N4O2S. The van der Waals surface area contributed by atoms with Gasteiger partial charge in [0.2, 0.25) is 5.91 Å². The quantitative estimate of drug-likeness (QED) is 0.701. The summed E-state index contributed by atoms with van der Waals surface area (Å²) >= 11 is 1.69. The van der Waals surface area contributed by atoms with E-state index in [0.717, 1.165) is 23.6 Å². The first-order valence-corrected chi connectivity index (χ1v) is 10.1. The highest BCUT2D eigenvalue weighted by Crippen LogP contribution is 2.34. The van der Waals surface area contributed by atoms with E-state index in [1.54, 1.807) is 11.3 Å². The molecule has 6 nitrogen and oxygen atoms in total. The Hall–Kier alpha value is -2.51. The molecule has 0 saturated carbocycles. The van der Waals surface area contributed by atoms with Gasteiger partial charge in [-0.25, -0.2) is 0 Å². The Morgan fingerprint density at radius 3 is 2.96 bits per heavy atom. The topological polar surface area (TPSA) is 60.2 Å². The summed E-state index contributed by atoms with van der Waals surface area (Å²) in [5.74, 6) is 1.84. The molecule has 138 valence electrons. The average molecular weight is 380 g/mol. The van der Waals surface area contributed by atoms with Crippen LogP contribution in [0.15, 0.2) is 41.8 Å². The van der Waals surface area contributed by atoms with E-state index in [2.05, 4.69) is 26.2 Å². The summed E-state index contributed by atoms with van der Waals surface area (Å²) in [4.78, 5) is 16.0. The molecule has 2 aliphatic rings. The molecule has 0 unspecified atom stereocenters. The first-order valence-electron chi connectivity index (χ1n) is 9.23. The second kappa shape index (κ2) is 6.90. The molecule has 1 aromatic carbocycles. The fourth-order valence-electron chi connectivity index (χ4n) is 3.83. The zero-order chi connectivity index (χ0) is 18.2. The average Bonchev–Trinajstić information content (AvgIpc) is 3.35. The molecular weight excluding hydrogens is 360 g/mol. The zero-order valence-corrected chi connectivity index (χ0v) is 15.7. The van der Waals surface area contributed by atoms with Crippen LogP contribution < -0.4 is 0 Å². The summed E-state index contributed by atoms with van der Waals surface area (Å²) in [6.07, 6.45) is 1.23.